The summed E-state index contributed by atoms with van der Waals surface area (Å²) in [5, 5.41) is 15.7. The molecule has 7 aromatic carbocycles. The number of imidazole rings is 4. The van der Waals surface area contributed by atoms with Crippen LogP contribution in [0.1, 0.15) is 105 Å². The van der Waals surface area contributed by atoms with Gasteiger partial charge in [0, 0.05) is 121 Å². The highest BCUT2D eigenvalue weighted by Gasteiger charge is 2.41. The second-order valence-electron chi connectivity index (χ2n) is 33.9. The van der Waals surface area contributed by atoms with E-state index in [1.54, 1.807) is 11.3 Å². The zero-order valence-electron chi connectivity index (χ0n) is 69.7. The molecule has 0 bridgehead atoms. The fraction of sp³-hybridized carbons (Fsp3) is 0.152. The standard InChI is InChI=1S/2C27H23N5O.C27H22N4O2.C24H20N4S/c2*28-21-7-4-12-32-25(21)24(31-27(32)20-13-19(14-20)26(29)33)18-9-8-17-10-11-22(30-23(17)15-18)16-5-2-1-3-6-16;28-21-7-4-12-31-25(21)24(30-26(31)19-13-20(14-19)27(32)33)18-9-8-17-10-11-22(29-23(17)15-18)16-5-2-1-3-6-16;25-18-6-2-12-28-23(18)22(27-24(28)16-4-1-5-16)17-9-8-15-10-11-19(26-20(15)14-17)21-7-3-13-29-21/h2*1-12,15,19-20H,13-14,28H2,(H2,29,33);1-12,15,19-20H,13-14,28H2,(H,32,33);2-3,6-14,16H,1,4-5,25H2. The maximum atomic E-state index is 11.5. The van der Waals surface area contributed by atoms with Crippen LogP contribution in [-0.2, 0) is 14.4 Å². The van der Waals surface area contributed by atoms with Crippen LogP contribution in [0.25, 0.3) is 155 Å². The highest BCUT2D eigenvalue weighted by molar-refractivity contribution is 7.13. The first-order valence-electron chi connectivity index (χ1n) is 43.2. The number of carboxylic acids is 1. The molecule has 0 atom stereocenters. The van der Waals surface area contributed by atoms with E-state index in [2.05, 4.69) is 170 Å². The highest BCUT2D eigenvalue weighted by atomic mass is 32.1. The summed E-state index contributed by atoms with van der Waals surface area (Å²) >= 11 is 1.71. The number of aromatic nitrogens is 12. The molecule has 2 amide bonds. The Balaban J connectivity index is 0.000000104. The molecule has 4 aliphatic rings. The van der Waals surface area contributed by atoms with Crippen molar-refractivity contribution in [2.75, 3.05) is 22.9 Å². The van der Waals surface area contributed by atoms with Crippen molar-refractivity contribution in [2.45, 2.75) is 81.5 Å². The van der Waals surface area contributed by atoms with Crippen molar-refractivity contribution in [2.24, 2.45) is 29.2 Å². The van der Waals surface area contributed by atoms with Gasteiger partial charge in [-0.25, -0.2) is 39.9 Å². The Morgan fingerprint density at radius 3 is 0.875 bits per heavy atom. The molecule has 0 unspecified atom stereocenters. The summed E-state index contributed by atoms with van der Waals surface area (Å²) in [5.41, 5.74) is 61.0. The second-order valence-corrected chi connectivity index (χ2v) is 34.8. The van der Waals surface area contributed by atoms with E-state index in [9.17, 15) is 19.5 Å². The lowest BCUT2D eigenvalue weighted by molar-refractivity contribution is -0.145. The number of fused-ring (bicyclic) bond motifs is 8. The first kappa shape index (κ1) is 79.4. The number of benzene rings is 7. The average Bonchev–Trinajstić information content (AvgIpc) is 1.61. The number of carbonyl (C=O) groups is 3. The van der Waals surface area contributed by atoms with Crippen LogP contribution in [0.3, 0.4) is 0 Å². The molecule has 13 N–H and O–H groups in total. The number of aliphatic carboxylic acids is 1. The Labute approximate surface area is 739 Å². The van der Waals surface area contributed by atoms with Crippen LogP contribution in [0.4, 0.5) is 22.7 Å². The van der Waals surface area contributed by atoms with Crippen molar-refractivity contribution < 1.29 is 19.5 Å². The molecule has 0 radical (unpaired) electrons. The molecule has 13 heterocycles. The van der Waals surface area contributed by atoms with Gasteiger partial charge in [0.25, 0.3) is 0 Å². The predicted octanol–water partition coefficient (Wildman–Crippen LogP) is 21.1. The summed E-state index contributed by atoms with van der Waals surface area (Å²) in [6.07, 6.45) is 15.8. The van der Waals surface area contributed by atoms with Crippen LogP contribution >= 0.6 is 11.3 Å². The van der Waals surface area contributed by atoms with Crippen LogP contribution in [0.2, 0.25) is 0 Å². The fourth-order valence-electron chi connectivity index (χ4n) is 18.5. The Morgan fingerprint density at radius 1 is 0.305 bits per heavy atom. The Morgan fingerprint density at radius 2 is 0.594 bits per heavy atom. The molecule has 0 spiro atoms. The lowest BCUT2D eigenvalue weighted by Gasteiger charge is -2.32. The third-order valence-corrected chi connectivity index (χ3v) is 26.8. The molecule has 23 heteroatoms. The van der Waals surface area contributed by atoms with E-state index in [1.807, 2.05) is 150 Å². The van der Waals surface area contributed by atoms with Gasteiger partial charge in [-0.05, 0) is 160 Å². The summed E-state index contributed by atoms with van der Waals surface area (Å²) < 4.78 is 8.33. The van der Waals surface area contributed by atoms with Crippen LogP contribution in [0, 0.1) is 17.8 Å². The van der Waals surface area contributed by atoms with Crippen molar-refractivity contribution in [3.63, 3.8) is 0 Å². The lowest BCUT2D eigenvalue weighted by Crippen LogP contribution is -2.34. The first-order chi connectivity index (χ1) is 62.5. The highest BCUT2D eigenvalue weighted by Crippen LogP contribution is 2.48. The molecule has 4 aliphatic carbocycles. The van der Waals surface area contributed by atoms with Crippen molar-refractivity contribution in [3.8, 4) is 89.4 Å². The molecule has 128 heavy (non-hydrogen) atoms. The molecule has 13 aromatic heterocycles. The number of rotatable bonds is 15. The topological polar surface area (TPSA) is 348 Å². The van der Waals surface area contributed by atoms with E-state index in [1.165, 1.54) is 24.1 Å². The second kappa shape index (κ2) is 33.1. The van der Waals surface area contributed by atoms with Gasteiger partial charge < -0.3 is 57.1 Å². The largest absolute Gasteiger partial charge is 0.481 e. The van der Waals surface area contributed by atoms with Gasteiger partial charge in [0.15, 0.2) is 0 Å². The Kier molecular flexibility index (Phi) is 20.5. The van der Waals surface area contributed by atoms with Gasteiger partial charge in [-0.2, -0.15) is 0 Å². The monoisotopic (exact) mass is 1700 g/mol. The van der Waals surface area contributed by atoms with Gasteiger partial charge >= 0.3 is 5.97 Å². The maximum Gasteiger partial charge on any atom is 0.306 e. The maximum absolute atomic E-state index is 11.5. The molecule has 4 fully saturated rings. The van der Waals surface area contributed by atoms with Crippen molar-refractivity contribution in [3.05, 3.63) is 326 Å². The van der Waals surface area contributed by atoms with E-state index in [0.29, 0.717) is 35.8 Å². The summed E-state index contributed by atoms with van der Waals surface area (Å²) in [4.78, 5) is 75.3. The Hall–Kier alpha value is -15.8. The minimum absolute atomic E-state index is 0.0758. The number of nitrogens with two attached hydrogens (primary N) is 6. The van der Waals surface area contributed by atoms with Crippen LogP contribution in [-0.4, -0.2) is 80.4 Å². The number of primary amides is 2. The summed E-state index contributed by atoms with van der Waals surface area (Å²) in [7, 11) is 0. The smallest absolute Gasteiger partial charge is 0.306 e. The number of amides is 2. The number of carbonyl (C=O) groups excluding carboxylic acids is 2. The molecule has 24 rings (SSSR count). The zero-order chi connectivity index (χ0) is 87.0. The molecule has 0 saturated heterocycles. The number of carboxylic acid groups (broad SMARTS) is 1. The number of anilines is 4. The average molecular weight is 1700 g/mol. The molecule has 628 valence electrons. The van der Waals surface area contributed by atoms with E-state index >= 15 is 0 Å². The SMILES string of the molecule is NC(=O)C1CC(c2nc(-c3ccc4ccc(-c5ccccc5)nc4c3)c3c(N)cccn23)C1.NC(=O)C1CC(c2nc(-c3ccc4ccc(-c5ccccc5)nc4c3)c3c(N)cccn23)C1.Nc1cccn2c(C3CC(C(=O)O)C3)nc(-c3ccc4ccc(-c5ccccc5)nc4c3)c12.Nc1cccn2c(C3CCC3)nc(-c3ccc4ccc(-c5cccs5)nc4c3)c12. The van der Waals surface area contributed by atoms with E-state index in [4.69, 9.17) is 74.3 Å². The Bertz CT molecular complexity index is 7170. The summed E-state index contributed by atoms with van der Waals surface area (Å²) in [6.45, 7) is 0. The molecule has 20 aromatic rings. The zero-order valence-corrected chi connectivity index (χ0v) is 70.5. The van der Waals surface area contributed by atoms with Crippen molar-refractivity contribution >= 4 is 118 Å². The van der Waals surface area contributed by atoms with Gasteiger partial charge in [0.1, 0.15) is 23.3 Å². The lowest BCUT2D eigenvalue weighted by atomic mass is 9.74. The third kappa shape index (κ3) is 14.9. The number of hydrogen-bond acceptors (Lipinski definition) is 16. The molecular weight excluding hydrogens is 1610 g/mol. The number of nitrogens with zero attached hydrogens (tertiary/aromatic N) is 12. The van der Waals surface area contributed by atoms with E-state index in [0.717, 1.165) is 205 Å². The van der Waals surface area contributed by atoms with Crippen molar-refractivity contribution in [1.29, 1.82) is 0 Å². The van der Waals surface area contributed by atoms with Gasteiger partial charge in [0.05, 0.1) is 123 Å². The quantitative estimate of drug-likeness (QED) is 0.0501. The molecular formula is C105H88N18O4S. The van der Waals surface area contributed by atoms with Crippen LogP contribution < -0.4 is 34.4 Å². The minimum Gasteiger partial charge on any atom is -0.481 e. The molecule has 4 saturated carbocycles. The fourth-order valence-corrected chi connectivity index (χ4v) is 19.2. The number of thiophene rings is 1. The number of hydrogen-bond donors (Lipinski definition) is 7. The van der Waals surface area contributed by atoms with Gasteiger partial charge in [-0.1, -0.05) is 176 Å². The van der Waals surface area contributed by atoms with Crippen molar-refractivity contribution in [1.82, 2.24) is 57.5 Å². The first-order valence-corrected chi connectivity index (χ1v) is 44.1. The van der Waals surface area contributed by atoms with E-state index in [-0.39, 0.29) is 47.3 Å². The third-order valence-electron chi connectivity index (χ3n) is 25.9. The van der Waals surface area contributed by atoms with Gasteiger partial charge in [-0.3, -0.25) is 14.4 Å². The number of nitrogen functional groups attached to an aromatic ring is 4. The number of pyridine rings is 8. The minimum atomic E-state index is -0.735. The van der Waals surface area contributed by atoms with Crippen LogP contribution in [0.15, 0.2) is 303 Å². The summed E-state index contributed by atoms with van der Waals surface area (Å²) in [6, 6.07) is 91.6. The van der Waals surface area contributed by atoms with Crippen LogP contribution in [0.5, 0.6) is 0 Å². The summed E-state index contributed by atoms with van der Waals surface area (Å²) in [5.74, 6) is 3.22. The normalized spacial score (nSPS) is 17.1. The molecule has 0 aliphatic heterocycles. The predicted molar refractivity (Wildman–Crippen MR) is 510 cm³/mol. The van der Waals surface area contributed by atoms with E-state index < -0.39 is 5.97 Å². The van der Waals surface area contributed by atoms with Gasteiger partial charge in [-0.15, -0.1) is 11.3 Å². The van der Waals surface area contributed by atoms with Gasteiger partial charge in [0.2, 0.25) is 11.8 Å². The molecule has 22 nitrogen and oxygen atoms in total.